The first-order valence-electron chi connectivity index (χ1n) is 14.8. The topological polar surface area (TPSA) is 35.5 Å². The number of benzene rings is 6. The monoisotopic (exact) mass is 566 g/mol. The minimum atomic E-state index is -0.540. The van der Waals surface area contributed by atoms with Gasteiger partial charge in [0.05, 0.1) is 5.41 Å². The molecule has 8 aromatic rings. The Labute approximate surface area is 254 Å². The summed E-state index contributed by atoms with van der Waals surface area (Å²) in [6, 6.07) is 54.7. The van der Waals surface area contributed by atoms with E-state index in [1.54, 1.807) is 0 Å². The molecule has 0 fully saturated rings. The van der Waals surface area contributed by atoms with E-state index in [1.807, 2.05) is 36.4 Å². The fourth-order valence-corrected chi connectivity index (χ4v) is 6.89. The molecule has 2 aromatic heterocycles. The summed E-state index contributed by atoms with van der Waals surface area (Å²) in [5.74, 6) is 3.23. The SMILES string of the molecule is c1ccc(C2(c3ccccc3)c3ccccc3Oc3cc(-c4ccc(-c5ccc6c(c5)oc5ccccc56)o4)ccc32)cc1. The highest BCUT2D eigenvalue weighted by Gasteiger charge is 2.45. The van der Waals surface area contributed by atoms with Gasteiger partial charge in [0.15, 0.2) is 0 Å². The number of hydrogen-bond donors (Lipinski definition) is 0. The number of rotatable bonds is 4. The van der Waals surface area contributed by atoms with Crippen molar-refractivity contribution in [2.75, 3.05) is 0 Å². The van der Waals surface area contributed by atoms with Gasteiger partial charge in [-0.15, -0.1) is 0 Å². The van der Waals surface area contributed by atoms with Crippen molar-refractivity contribution in [3.05, 3.63) is 180 Å². The number of ether oxygens (including phenoxy) is 1. The molecule has 1 aliphatic rings. The van der Waals surface area contributed by atoms with Crippen LogP contribution in [0, 0.1) is 0 Å². The van der Waals surface area contributed by atoms with Crippen molar-refractivity contribution in [1.29, 1.82) is 0 Å². The first kappa shape index (κ1) is 24.8. The Bertz CT molecular complexity index is 2270. The third-order valence-corrected chi connectivity index (χ3v) is 8.86. The molecule has 0 unspecified atom stereocenters. The van der Waals surface area contributed by atoms with Crippen molar-refractivity contribution in [3.8, 4) is 34.1 Å². The molecule has 6 aromatic carbocycles. The maximum atomic E-state index is 6.65. The molecule has 9 rings (SSSR count). The molecule has 0 amide bonds. The van der Waals surface area contributed by atoms with E-state index in [2.05, 4.69) is 121 Å². The maximum absolute atomic E-state index is 6.65. The van der Waals surface area contributed by atoms with Crippen molar-refractivity contribution < 1.29 is 13.6 Å². The Morgan fingerprint density at radius 2 is 0.977 bits per heavy atom. The van der Waals surface area contributed by atoms with Crippen LogP contribution in [0.2, 0.25) is 0 Å². The van der Waals surface area contributed by atoms with Crippen molar-refractivity contribution >= 4 is 21.9 Å². The average molecular weight is 567 g/mol. The zero-order valence-corrected chi connectivity index (χ0v) is 23.7. The molecule has 3 heterocycles. The minimum absolute atomic E-state index is 0.540. The molecule has 208 valence electrons. The Balaban J connectivity index is 1.18. The van der Waals surface area contributed by atoms with Gasteiger partial charge >= 0.3 is 0 Å². The molecule has 0 bridgehead atoms. The zero-order valence-electron chi connectivity index (χ0n) is 23.7. The highest BCUT2D eigenvalue weighted by molar-refractivity contribution is 6.05. The smallest absolute Gasteiger partial charge is 0.136 e. The van der Waals surface area contributed by atoms with Gasteiger partial charge in [0, 0.05) is 33.0 Å². The van der Waals surface area contributed by atoms with Crippen molar-refractivity contribution in [3.63, 3.8) is 0 Å². The van der Waals surface area contributed by atoms with Crippen LogP contribution < -0.4 is 4.74 Å². The fraction of sp³-hybridized carbons (Fsp3) is 0.0244. The minimum Gasteiger partial charge on any atom is -0.457 e. The van der Waals surface area contributed by atoms with Crippen LogP contribution in [-0.2, 0) is 5.41 Å². The third kappa shape index (κ3) is 3.63. The van der Waals surface area contributed by atoms with Gasteiger partial charge in [-0.25, -0.2) is 0 Å². The largest absolute Gasteiger partial charge is 0.457 e. The van der Waals surface area contributed by atoms with Crippen LogP contribution in [0.3, 0.4) is 0 Å². The summed E-state index contributed by atoms with van der Waals surface area (Å²) in [6.07, 6.45) is 0. The van der Waals surface area contributed by atoms with Crippen LogP contribution in [-0.4, -0.2) is 0 Å². The highest BCUT2D eigenvalue weighted by Crippen LogP contribution is 2.55. The molecule has 0 radical (unpaired) electrons. The predicted molar refractivity (Wildman–Crippen MR) is 175 cm³/mol. The van der Waals surface area contributed by atoms with Gasteiger partial charge in [-0.05, 0) is 53.6 Å². The van der Waals surface area contributed by atoms with Crippen molar-refractivity contribution in [2.24, 2.45) is 0 Å². The number of para-hydroxylation sites is 2. The van der Waals surface area contributed by atoms with Gasteiger partial charge in [0.25, 0.3) is 0 Å². The maximum Gasteiger partial charge on any atom is 0.136 e. The fourth-order valence-electron chi connectivity index (χ4n) is 6.89. The summed E-state index contributed by atoms with van der Waals surface area (Å²) in [5, 5.41) is 2.22. The normalized spacial score (nSPS) is 13.4. The molecule has 44 heavy (non-hydrogen) atoms. The van der Waals surface area contributed by atoms with Crippen molar-refractivity contribution in [2.45, 2.75) is 5.41 Å². The lowest BCUT2D eigenvalue weighted by molar-refractivity contribution is 0.434. The number of hydrogen-bond acceptors (Lipinski definition) is 3. The third-order valence-electron chi connectivity index (χ3n) is 8.86. The average Bonchev–Trinajstić information content (AvgIpc) is 3.73. The molecule has 1 aliphatic heterocycles. The molecule has 0 aliphatic carbocycles. The lowest BCUT2D eigenvalue weighted by Crippen LogP contribution is -2.34. The number of furan rings is 2. The molecule has 0 N–H and O–H groups in total. The van der Waals surface area contributed by atoms with E-state index in [4.69, 9.17) is 13.6 Å². The first-order chi connectivity index (χ1) is 21.8. The first-order valence-corrected chi connectivity index (χ1v) is 14.8. The van der Waals surface area contributed by atoms with E-state index in [0.717, 1.165) is 67.2 Å². The second kappa shape index (κ2) is 9.62. The Hall–Kier alpha value is -5.80. The summed E-state index contributed by atoms with van der Waals surface area (Å²) in [4.78, 5) is 0. The van der Waals surface area contributed by atoms with Crippen LogP contribution in [0.1, 0.15) is 22.3 Å². The van der Waals surface area contributed by atoms with Crippen LogP contribution in [0.4, 0.5) is 0 Å². The molecule has 3 heteroatoms. The molecule has 3 nitrogen and oxygen atoms in total. The molecule has 0 spiro atoms. The summed E-state index contributed by atoms with van der Waals surface area (Å²) >= 11 is 0. The Morgan fingerprint density at radius 1 is 0.386 bits per heavy atom. The lowest BCUT2D eigenvalue weighted by Gasteiger charge is -2.41. The van der Waals surface area contributed by atoms with Crippen LogP contribution in [0.15, 0.2) is 167 Å². The summed E-state index contributed by atoms with van der Waals surface area (Å²) < 4.78 is 19.2. The lowest BCUT2D eigenvalue weighted by atomic mass is 9.63. The van der Waals surface area contributed by atoms with Crippen LogP contribution in [0.5, 0.6) is 11.5 Å². The van der Waals surface area contributed by atoms with Gasteiger partial charge in [0.2, 0.25) is 0 Å². The number of fused-ring (bicyclic) bond motifs is 5. The second-order valence-corrected chi connectivity index (χ2v) is 11.3. The molecule has 0 atom stereocenters. The quantitative estimate of drug-likeness (QED) is 0.213. The summed E-state index contributed by atoms with van der Waals surface area (Å²) in [5.41, 5.74) is 7.72. The highest BCUT2D eigenvalue weighted by atomic mass is 16.5. The molecular formula is C41H26O3. The second-order valence-electron chi connectivity index (χ2n) is 11.3. The Kier molecular flexibility index (Phi) is 5.41. The summed E-state index contributed by atoms with van der Waals surface area (Å²) in [6.45, 7) is 0. The standard InChI is InChI=1S/C41H26O3/c1-3-11-29(12-4-1)41(30-13-5-2-6-14-30)33-16-8-10-18-38(33)44-40-26-28(20-22-34(40)41)36-24-23-35(42-36)27-19-21-32-31-15-7-9-17-37(31)43-39(32)25-27/h1-26H. The zero-order chi connectivity index (χ0) is 29.1. The summed E-state index contributed by atoms with van der Waals surface area (Å²) in [7, 11) is 0. The van der Waals surface area contributed by atoms with Gasteiger partial charge in [-0.3, -0.25) is 0 Å². The van der Waals surface area contributed by atoms with Crippen molar-refractivity contribution in [1.82, 2.24) is 0 Å². The van der Waals surface area contributed by atoms with Gasteiger partial charge in [-0.1, -0.05) is 115 Å². The Morgan fingerprint density at radius 3 is 1.75 bits per heavy atom. The molecular weight excluding hydrogens is 540 g/mol. The van der Waals surface area contributed by atoms with E-state index < -0.39 is 5.41 Å². The van der Waals surface area contributed by atoms with E-state index in [0.29, 0.717) is 0 Å². The van der Waals surface area contributed by atoms with Crippen LogP contribution in [0.25, 0.3) is 44.6 Å². The predicted octanol–water partition coefficient (Wildman–Crippen LogP) is 11.0. The van der Waals surface area contributed by atoms with Crippen LogP contribution >= 0.6 is 0 Å². The van der Waals surface area contributed by atoms with E-state index >= 15 is 0 Å². The molecule has 0 saturated heterocycles. The van der Waals surface area contributed by atoms with E-state index in [-0.39, 0.29) is 0 Å². The van der Waals surface area contributed by atoms with E-state index in [9.17, 15) is 0 Å². The van der Waals surface area contributed by atoms with Gasteiger partial charge in [0.1, 0.15) is 34.2 Å². The molecule has 0 saturated carbocycles. The van der Waals surface area contributed by atoms with E-state index in [1.165, 1.54) is 11.1 Å². The van der Waals surface area contributed by atoms with Gasteiger partial charge in [-0.2, -0.15) is 0 Å². The van der Waals surface area contributed by atoms with Gasteiger partial charge < -0.3 is 13.6 Å².